The van der Waals surface area contributed by atoms with Gasteiger partial charge in [-0.15, -0.1) is 0 Å². The van der Waals surface area contributed by atoms with E-state index in [2.05, 4.69) is 5.32 Å². The van der Waals surface area contributed by atoms with E-state index in [0.717, 1.165) is 38.5 Å². The molecule has 3 N–H and O–H groups in total. The lowest BCUT2D eigenvalue weighted by atomic mass is 9.96. The van der Waals surface area contributed by atoms with E-state index < -0.39 is 5.54 Å². The number of carbonyl (C=O) groups is 2. The summed E-state index contributed by atoms with van der Waals surface area (Å²) in [5.74, 6) is -0.0378. The highest BCUT2D eigenvalue weighted by atomic mass is 32.1. The van der Waals surface area contributed by atoms with E-state index in [4.69, 9.17) is 18.0 Å². The van der Waals surface area contributed by atoms with Crippen LogP contribution in [0.2, 0.25) is 0 Å². The Hall–Kier alpha value is -1.17. The van der Waals surface area contributed by atoms with Crippen LogP contribution in [-0.4, -0.2) is 33.9 Å². The molecule has 1 spiro atoms. The van der Waals surface area contributed by atoms with Crippen molar-refractivity contribution >= 4 is 29.1 Å². The van der Waals surface area contributed by atoms with Gasteiger partial charge < -0.3 is 11.1 Å². The molecule has 1 saturated heterocycles. The van der Waals surface area contributed by atoms with Crippen LogP contribution in [-0.2, 0) is 4.79 Å². The minimum atomic E-state index is -0.601. The topological polar surface area (TPSA) is 75.4 Å². The molecule has 2 saturated carbocycles. The molecule has 3 rings (SSSR count). The van der Waals surface area contributed by atoms with Gasteiger partial charge in [-0.2, -0.15) is 0 Å². The Balaban J connectivity index is 1.73. The number of imide groups is 1. The van der Waals surface area contributed by atoms with Gasteiger partial charge in [0.05, 0.1) is 4.99 Å². The fourth-order valence-corrected chi connectivity index (χ4v) is 3.72. The predicted octanol–water partition coefficient (Wildman–Crippen LogP) is 1.31. The van der Waals surface area contributed by atoms with Crippen LogP contribution < -0.4 is 11.1 Å². The Kier molecular flexibility index (Phi) is 2.81. The van der Waals surface area contributed by atoms with Crippen molar-refractivity contribution in [3.63, 3.8) is 0 Å². The van der Waals surface area contributed by atoms with Crippen molar-refractivity contribution in [1.29, 1.82) is 0 Å². The predicted molar refractivity (Wildman–Crippen MR) is 74.5 cm³/mol. The first-order valence-corrected chi connectivity index (χ1v) is 7.30. The molecular formula is C13H19N3O2S. The maximum absolute atomic E-state index is 12.5. The van der Waals surface area contributed by atoms with Gasteiger partial charge in [0.1, 0.15) is 5.54 Å². The molecule has 3 amide bonds. The van der Waals surface area contributed by atoms with Crippen molar-refractivity contribution in [2.75, 3.05) is 6.54 Å². The summed E-state index contributed by atoms with van der Waals surface area (Å²) in [6.45, 7) is 0.469. The van der Waals surface area contributed by atoms with E-state index in [1.807, 2.05) is 0 Å². The molecular weight excluding hydrogens is 262 g/mol. The molecule has 1 heterocycles. The van der Waals surface area contributed by atoms with Gasteiger partial charge in [0.25, 0.3) is 5.91 Å². The largest absolute Gasteiger partial charge is 0.393 e. The minimum absolute atomic E-state index is 0.0378. The van der Waals surface area contributed by atoms with Crippen molar-refractivity contribution < 1.29 is 9.59 Å². The zero-order valence-corrected chi connectivity index (χ0v) is 11.7. The molecule has 0 unspecified atom stereocenters. The summed E-state index contributed by atoms with van der Waals surface area (Å²) in [4.78, 5) is 26.4. The lowest BCUT2D eigenvalue weighted by Crippen LogP contribution is -2.44. The minimum Gasteiger partial charge on any atom is -0.393 e. The van der Waals surface area contributed by atoms with E-state index in [0.29, 0.717) is 18.0 Å². The van der Waals surface area contributed by atoms with E-state index >= 15 is 0 Å². The molecule has 3 aliphatic rings. The highest BCUT2D eigenvalue weighted by molar-refractivity contribution is 7.80. The first-order valence-electron chi connectivity index (χ1n) is 6.89. The van der Waals surface area contributed by atoms with Gasteiger partial charge in [-0.3, -0.25) is 9.69 Å². The number of carbonyl (C=O) groups excluding carboxylic acids is 2. The number of rotatable bonds is 4. The normalized spacial score (nSPS) is 26.8. The van der Waals surface area contributed by atoms with Crippen LogP contribution in [0.25, 0.3) is 0 Å². The average Bonchev–Trinajstić information content (AvgIpc) is 2.83. The van der Waals surface area contributed by atoms with Gasteiger partial charge in [-0.25, -0.2) is 4.79 Å². The highest BCUT2D eigenvalue weighted by Crippen LogP contribution is 2.50. The Bertz CT molecular complexity index is 453. The summed E-state index contributed by atoms with van der Waals surface area (Å²) in [5, 5.41) is 2.91. The molecule has 104 valence electrons. The highest BCUT2D eigenvalue weighted by Gasteiger charge is 2.55. The van der Waals surface area contributed by atoms with Crippen LogP contribution in [0.5, 0.6) is 0 Å². The van der Waals surface area contributed by atoms with Crippen LogP contribution in [0, 0.1) is 5.41 Å². The van der Waals surface area contributed by atoms with Crippen molar-refractivity contribution in [2.45, 2.75) is 50.5 Å². The van der Waals surface area contributed by atoms with Crippen LogP contribution in [0.3, 0.4) is 0 Å². The maximum Gasteiger partial charge on any atom is 0.325 e. The molecule has 0 atom stereocenters. The first kappa shape index (κ1) is 12.8. The van der Waals surface area contributed by atoms with Gasteiger partial charge in [0.15, 0.2) is 0 Å². The van der Waals surface area contributed by atoms with Crippen molar-refractivity contribution in [3.8, 4) is 0 Å². The lowest BCUT2D eigenvalue weighted by molar-refractivity contribution is -0.131. The number of thiocarbonyl (C=S) groups is 1. The SMILES string of the molecule is NC(=S)CC1(CN2C(=O)NC3(CCCC3)C2=O)CC1. The fourth-order valence-electron chi connectivity index (χ4n) is 3.41. The third kappa shape index (κ3) is 2.12. The molecule has 5 nitrogen and oxygen atoms in total. The third-order valence-electron chi connectivity index (χ3n) is 4.70. The lowest BCUT2D eigenvalue weighted by Gasteiger charge is -2.23. The van der Waals surface area contributed by atoms with Crippen LogP contribution >= 0.6 is 12.2 Å². The second-order valence-corrected chi connectivity index (χ2v) is 6.78. The molecule has 0 bridgehead atoms. The smallest absolute Gasteiger partial charge is 0.325 e. The van der Waals surface area contributed by atoms with Crippen LogP contribution in [0.4, 0.5) is 4.79 Å². The molecule has 0 aromatic carbocycles. The number of nitrogens with one attached hydrogen (secondary N) is 1. The molecule has 0 radical (unpaired) electrons. The molecule has 1 aliphatic heterocycles. The summed E-state index contributed by atoms with van der Waals surface area (Å²) in [7, 11) is 0. The monoisotopic (exact) mass is 281 g/mol. The Morgan fingerprint density at radius 3 is 2.42 bits per heavy atom. The second-order valence-electron chi connectivity index (χ2n) is 6.25. The fraction of sp³-hybridized carbons (Fsp3) is 0.769. The number of urea groups is 1. The van der Waals surface area contributed by atoms with Gasteiger partial charge in [0.2, 0.25) is 0 Å². The number of hydrogen-bond acceptors (Lipinski definition) is 3. The van der Waals surface area contributed by atoms with E-state index in [9.17, 15) is 9.59 Å². The Morgan fingerprint density at radius 2 is 1.89 bits per heavy atom. The van der Waals surface area contributed by atoms with Crippen molar-refractivity contribution in [3.05, 3.63) is 0 Å². The number of nitrogens with zero attached hydrogens (tertiary/aromatic N) is 1. The molecule has 6 heteroatoms. The second kappa shape index (κ2) is 4.16. The summed E-state index contributed by atoms with van der Waals surface area (Å²) in [6.07, 6.45) is 6.19. The van der Waals surface area contributed by atoms with E-state index in [-0.39, 0.29) is 17.4 Å². The van der Waals surface area contributed by atoms with Gasteiger partial charge in [-0.05, 0) is 31.1 Å². The van der Waals surface area contributed by atoms with Crippen molar-refractivity contribution in [1.82, 2.24) is 10.2 Å². The van der Waals surface area contributed by atoms with Gasteiger partial charge in [-0.1, -0.05) is 25.1 Å². The summed E-state index contributed by atoms with van der Waals surface area (Å²) >= 11 is 4.96. The number of amides is 3. The van der Waals surface area contributed by atoms with Crippen LogP contribution in [0.15, 0.2) is 0 Å². The first-order chi connectivity index (χ1) is 8.96. The van der Waals surface area contributed by atoms with E-state index in [1.165, 1.54) is 4.90 Å². The van der Waals surface area contributed by atoms with Gasteiger partial charge >= 0.3 is 6.03 Å². The number of nitrogens with two attached hydrogens (primary N) is 1. The maximum atomic E-state index is 12.5. The zero-order chi connectivity index (χ0) is 13.7. The Morgan fingerprint density at radius 1 is 1.26 bits per heavy atom. The molecule has 0 aromatic heterocycles. The van der Waals surface area contributed by atoms with Gasteiger partial charge in [0, 0.05) is 13.0 Å². The average molecular weight is 281 g/mol. The molecule has 3 fully saturated rings. The standard InChI is InChI=1S/C13H19N3O2S/c14-9(19)7-12(5-6-12)8-16-10(17)13(15-11(16)18)3-1-2-4-13/h1-8H2,(H2,14,19)(H,15,18). The molecule has 0 aromatic rings. The van der Waals surface area contributed by atoms with Crippen LogP contribution in [0.1, 0.15) is 44.9 Å². The number of hydrogen-bond donors (Lipinski definition) is 2. The molecule has 2 aliphatic carbocycles. The third-order valence-corrected chi connectivity index (χ3v) is 4.85. The van der Waals surface area contributed by atoms with E-state index in [1.54, 1.807) is 0 Å². The van der Waals surface area contributed by atoms with Crippen molar-refractivity contribution in [2.24, 2.45) is 11.1 Å². The molecule has 19 heavy (non-hydrogen) atoms. The summed E-state index contributed by atoms with van der Waals surface area (Å²) < 4.78 is 0. The quantitative estimate of drug-likeness (QED) is 0.602. The zero-order valence-electron chi connectivity index (χ0n) is 10.9. The summed E-state index contributed by atoms with van der Waals surface area (Å²) in [6, 6.07) is -0.235. The Labute approximate surface area is 117 Å². The summed E-state index contributed by atoms with van der Waals surface area (Å²) in [5.41, 5.74) is 4.97.